The second-order valence-corrected chi connectivity index (χ2v) is 5.80. The minimum Gasteiger partial charge on any atom is -0.497 e. The topological polar surface area (TPSA) is 34.1 Å². The van der Waals surface area contributed by atoms with E-state index in [-0.39, 0.29) is 0 Å². The van der Waals surface area contributed by atoms with E-state index in [0.29, 0.717) is 6.04 Å². The average Bonchev–Trinajstić information content (AvgIpc) is 3.11. The molecule has 4 heteroatoms. The number of nitrogens with one attached hydrogen (secondary N) is 1. The van der Waals surface area contributed by atoms with Gasteiger partial charge in [0.1, 0.15) is 5.75 Å². The summed E-state index contributed by atoms with van der Waals surface area (Å²) in [4.78, 5) is 4.74. The Morgan fingerprint density at radius 1 is 1.47 bits per heavy atom. The van der Waals surface area contributed by atoms with E-state index in [2.05, 4.69) is 16.8 Å². The Kier molecular flexibility index (Phi) is 3.80. The Morgan fingerprint density at radius 3 is 3.21 bits per heavy atom. The Balaban J connectivity index is 1.76. The zero-order valence-corrected chi connectivity index (χ0v) is 11.9. The van der Waals surface area contributed by atoms with E-state index >= 15 is 0 Å². The Hall–Kier alpha value is -1.39. The Bertz CT molecular complexity index is 547. The molecule has 3 nitrogen and oxygen atoms in total. The van der Waals surface area contributed by atoms with Gasteiger partial charge in [0.05, 0.1) is 17.8 Å². The summed E-state index contributed by atoms with van der Waals surface area (Å²) < 4.78 is 5.26. The van der Waals surface area contributed by atoms with Crippen molar-refractivity contribution >= 4 is 11.3 Å². The van der Waals surface area contributed by atoms with Crippen molar-refractivity contribution < 1.29 is 4.74 Å². The first-order valence-electron chi connectivity index (χ1n) is 6.67. The molecule has 0 spiro atoms. The normalized spacial score (nSPS) is 18.7. The lowest BCUT2D eigenvalue weighted by molar-refractivity contribution is 0.415. The maximum atomic E-state index is 5.26. The second-order valence-electron chi connectivity index (χ2n) is 4.86. The smallest absolute Gasteiger partial charge is 0.119 e. The van der Waals surface area contributed by atoms with Crippen LogP contribution in [0.4, 0.5) is 0 Å². The molecule has 1 atom stereocenters. The van der Waals surface area contributed by atoms with Gasteiger partial charge < -0.3 is 10.1 Å². The fourth-order valence-corrected chi connectivity index (χ4v) is 3.35. The number of hydrogen-bond donors (Lipinski definition) is 1. The summed E-state index contributed by atoms with van der Waals surface area (Å²) in [7, 11) is 1.69. The summed E-state index contributed by atoms with van der Waals surface area (Å²) in [5.74, 6) is 0.879. The van der Waals surface area contributed by atoms with Gasteiger partial charge in [0.2, 0.25) is 0 Å². The summed E-state index contributed by atoms with van der Waals surface area (Å²) in [6.45, 7) is 1.15. The zero-order valence-electron chi connectivity index (χ0n) is 11.1. The van der Waals surface area contributed by atoms with Crippen LogP contribution < -0.4 is 10.1 Å². The van der Waals surface area contributed by atoms with Crippen molar-refractivity contribution in [1.29, 1.82) is 0 Å². The standard InChI is InChI=1S/C15H18N2OS/c1-18-13-6-2-4-11(8-13)14-10-19-15(17-14)9-12-5-3-7-16-12/h2,4,6,8,10,12,16H,3,5,7,9H2,1H3. The molecule has 2 aromatic rings. The van der Waals surface area contributed by atoms with Gasteiger partial charge in [0, 0.05) is 23.4 Å². The van der Waals surface area contributed by atoms with Gasteiger partial charge in [-0.15, -0.1) is 11.3 Å². The summed E-state index contributed by atoms with van der Waals surface area (Å²) in [6.07, 6.45) is 3.61. The maximum absolute atomic E-state index is 5.26. The number of rotatable bonds is 4. The van der Waals surface area contributed by atoms with Crippen LogP contribution in [0.5, 0.6) is 5.75 Å². The van der Waals surface area contributed by atoms with E-state index in [4.69, 9.17) is 9.72 Å². The predicted molar refractivity (Wildman–Crippen MR) is 78.8 cm³/mol. The number of aromatic nitrogens is 1. The van der Waals surface area contributed by atoms with Crippen LogP contribution >= 0.6 is 11.3 Å². The van der Waals surface area contributed by atoms with Crippen LogP contribution in [-0.2, 0) is 6.42 Å². The average molecular weight is 274 g/mol. The first-order chi connectivity index (χ1) is 9.35. The van der Waals surface area contributed by atoms with Crippen LogP contribution in [0, 0.1) is 0 Å². The van der Waals surface area contributed by atoms with E-state index in [1.165, 1.54) is 17.8 Å². The molecule has 1 unspecified atom stereocenters. The van der Waals surface area contributed by atoms with Gasteiger partial charge in [0.25, 0.3) is 0 Å². The highest BCUT2D eigenvalue weighted by Crippen LogP contribution is 2.26. The van der Waals surface area contributed by atoms with E-state index < -0.39 is 0 Å². The molecule has 0 amide bonds. The fourth-order valence-electron chi connectivity index (χ4n) is 2.46. The highest BCUT2D eigenvalue weighted by atomic mass is 32.1. The molecule has 1 aliphatic heterocycles. The summed E-state index contributed by atoms with van der Waals surface area (Å²) in [6, 6.07) is 8.69. The van der Waals surface area contributed by atoms with Gasteiger partial charge in [-0.05, 0) is 31.5 Å². The molecule has 2 heterocycles. The largest absolute Gasteiger partial charge is 0.497 e. The van der Waals surface area contributed by atoms with Gasteiger partial charge in [-0.2, -0.15) is 0 Å². The molecule has 1 aromatic heterocycles. The Labute approximate surface area is 117 Å². The highest BCUT2D eigenvalue weighted by Gasteiger charge is 2.16. The lowest BCUT2D eigenvalue weighted by atomic mass is 10.1. The van der Waals surface area contributed by atoms with Crippen LogP contribution in [0.1, 0.15) is 17.8 Å². The molecule has 100 valence electrons. The number of nitrogens with zero attached hydrogens (tertiary/aromatic N) is 1. The molecule has 0 saturated carbocycles. The Morgan fingerprint density at radius 2 is 2.42 bits per heavy atom. The molecule has 1 aliphatic rings. The quantitative estimate of drug-likeness (QED) is 0.930. The van der Waals surface area contributed by atoms with Crippen molar-refractivity contribution in [3.63, 3.8) is 0 Å². The third kappa shape index (κ3) is 2.96. The second kappa shape index (κ2) is 5.72. The van der Waals surface area contributed by atoms with E-state index in [1.807, 2.05) is 18.2 Å². The van der Waals surface area contributed by atoms with Crippen LogP contribution in [-0.4, -0.2) is 24.7 Å². The van der Waals surface area contributed by atoms with Crippen LogP contribution in [0.3, 0.4) is 0 Å². The minimum absolute atomic E-state index is 0.615. The number of hydrogen-bond acceptors (Lipinski definition) is 4. The molecule has 1 fully saturated rings. The number of methoxy groups -OCH3 is 1. The van der Waals surface area contributed by atoms with Gasteiger partial charge >= 0.3 is 0 Å². The third-order valence-electron chi connectivity index (χ3n) is 3.50. The van der Waals surface area contributed by atoms with Crippen molar-refractivity contribution in [2.24, 2.45) is 0 Å². The predicted octanol–water partition coefficient (Wildman–Crippen LogP) is 3.11. The van der Waals surface area contributed by atoms with E-state index in [1.54, 1.807) is 18.4 Å². The molecule has 1 N–H and O–H groups in total. The third-order valence-corrected chi connectivity index (χ3v) is 4.37. The molecule has 1 aromatic carbocycles. The summed E-state index contributed by atoms with van der Waals surface area (Å²) >= 11 is 1.75. The molecular weight excluding hydrogens is 256 g/mol. The van der Waals surface area contributed by atoms with Crippen LogP contribution in [0.15, 0.2) is 29.6 Å². The molecule has 0 bridgehead atoms. The van der Waals surface area contributed by atoms with Crippen LogP contribution in [0.2, 0.25) is 0 Å². The molecular formula is C15H18N2OS. The SMILES string of the molecule is COc1cccc(-c2csc(CC3CCCN3)n2)c1. The number of benzene rings is 1. The van der Waals surface area contributed by atoms with Gasteiger partial charge in [-0.25, -0.2) is 4.98 Å². The van der Waals surface area contributed by atoms with Gasteiger partial charge in [-0.1, -0.05) is 12.1 Å². The van der Waals surface area contributed by atoms with Crippen molar-refractivity contribution in [1.82, 2.24) is 10.3 Å². The minimum atomic E-state index is 0.615. The highest BCUT2D eigenvalue weighted by molar-refractivity contribution is 7.09. The van der Waals surface area contributed by atoms with Gasteiger partial charge in [-0.3, -0.25) is 0 Å². The lowest BCUT2D eigenvalue weighted by Crippen LogP contribution is -2.23. The molecule has 19 heavy (non-hydrogen) atoms. The maximum Gasteiger partial charge on any atom is 0.119 e. The van der Waals surface area contributed by atoms with Crippen molar-refractivity contribution in [3.8, 4) is 17.0 Å². The summed E-state index contributed by atoms with van der Waals surface area (Å²) in [5.41, 5.74) is 2.18. The fraction of sp³-hybridized carbons (Fsp3) is 0.400. The molecule has 0 radical (unpaired) electrons. The monoisotopic (exact) mass is 274 g/mol. The van der Waals surface area contributed by atoms with Crippen LogP contribution in [0.25, 0.3) is 11.3 Å². The van der Waals surface area contributed by atoms with Crippen molar-refractivity contribution in [2.45, 2.75) is 25.3 Å². The molecule has 3 rings (SSSR count). The van der Waals surface area contributed by atoms with E-state index in [0.717, 1.165) is 30.0 Å². The molecule has 1 saturated heterocycles. The van der Waals surface area contributed by atoms with Gasteiger partial charge in [0.15, 0.2) is 0 Å². The number of thiazole rings is 1. The summed E-state index contributed by atoms with van der Waals surface area (Å²) in [5, 5.41) is 6.88. The lowest BCUT2D eigenvalue weighted by Gasteiger charge is -2.06. The van der Waals surface area contributed by atoms with E-state index in [9.17, 15) is 0 Å². The first-order valence-corrected chi connectivity index (χ1v) is 7.55. The molecule has 0 aliphatic carbocycles. The first kappa shape index (κ1) is 12.6. The van der Waals surface area contributed by atoms with Crippen molar-refractivity contribution in [2.75, 3.05) is 13.7 Å². The zero-order chi connectivity index (χ0) is 13.1. The van der Waals surface area contributed by atoms with Crippen molar-refractivity contribution in [3.05, 3.63) is 34.7 Å². The number of ether oxygens (including phenoxy) is 1.